The minimum absolute atomic E-state index is 0. The van der Waals surface area contributed by atoms with E-state index in [-0.39, 0.29) is 24.8 Å². The van der Waals surface area contributed by atoms with Gasteiger partial charge in [0, 0.05) is 0 Å². The maximum atomic E-state index is 5.15. The van der Waals surface area contributed by atoms with E-state index in [1.54, 1.807) is 0 Å². The smallest absolute Gasteiger partial charge is 1.00 e. The summed E-state index contributed by atoms with van der Waals surface area (Å²) in [7, 11) is 0. The Morgan fingerprint density at radius 3 is 1.34 bits per heavy atom. The van der Waals surface area contributed by atoms with Crippen molar-refractivity contribution in [3.63, 3.8) is 0 Å². The second-order valence-electron chi connectivity index (χ2n) is 10.3. The van der Waals surface area contributed by atoms with Gasteiger partial charge in [-0.15, -0.1) is 0 Å². The van der Waals surface area contributed by atoms with Crippen LogP contribution >= 0.6 is 0 Å². The predicted octanol–water partition coefficient (Wildman–Crippen LogP) is 2.76. The van der Waals surface area contributed by atoms with Gasteiger partial charge in [0.1, 0.15) is 0 Å². The molecule has 196 valence electrons. The Kier molecular flexibility index (Phi) is 7.68. The molecule has 0 bridgehead atoms. The van der Waals surface area contributed by atoms with Crippen molar-refractivity contribution in [2.45, 2.75) is 8.45 Å². The zero-order chi connectivity index (χ0) is 25.8. The van der Waals surface area contributed by atoms with Crippen molar-refractivity contribution in [1.82, 2.24) is 9.97 Å². The monoisotopic (exact) mass is 602 g/mol. The second kappa shape index (κ2) is 11.4. The number of benzene rings is 4. The number of hydrogen-bond donors (Lipinski definition) is 0. The van der Waals surface area contributed by atoms with Crippen LogP contribution in [0.3, 0.4) is 0 Å². The molecule has 2 nitrogen and oxygen atoms in total. The van der Waals surface area contributed by atoms with Crippen LogP contribution in [0.5, 0.6) is 0 Å². The molecule has 0 amide bonds. The largest absolute Gasteiger partial charge is 1.00 e. The molecule has 2 aliphatic rings. The van der Waals surface area contributed by atoms with Gasteiger partial charge in [-0.2, -0.15) is 0 Å². The van der Waals surface area contributed by atoms with Crippen molar-refractivity contribution in [3.05, 3.63) is 155 Å². The number of fused-ring (bicyclic) bond motifs is 4. The summed E-state index contributed by atoms with van der Waals surface area (Å²) in [6.07, 6.45) is 4.78. The van der Waals surface area contributed by atoms with Crippen LogP contribution in [-0.4, -0.2) is 9.97 Å². The quantitative estimate of drug-likeness (QED) is 0.290. The van der Waals surface area contributed by atoms with Crippen LogP contribution in [0.4, 0.5) is 0 Å². The molecule has 41 heavy (non-hydrogen) atoms. The maximum Gasteiger partial charge on any atom is -1.00 e. The molecule has 4 aromatic carbocycles. The third-order valence-electron chi connectivity index (χ3n) is 7.98. The number of pyridine rings is 2. The molecule has 0 saturated heterocycles. The van der Waals surface area contributed by atoms with Gasteiger partial charge < -0.3 is 24.8 Å². The van der Waals surface area contributed by atoms with Crippen LogP contribution in [0.15, 0.2) is 121 Å². The molecule has 8 rings (SSSR count). The summed E-state index contributed by atoms with van der Waals surface area (Å²) >= 11 is -0.583. The van der Waals surface area contributed by atoms with Gasteiger partial charge in [0.2, 0.25) is 0 Å². The fraction of sp³-hybridized carbons (Fsp3) is 0.0556. The molecule has 5 heteroatoms. The van der Waals surface area contributed by atoms with Crippen LogP contribution in [0.2, 0.25) is 0 Å². The molecule has 0 saturated carbocycles. The molecular weight excluding hydrogens is 579 g/mol. The zero-order valence-electron chi connectivity index (χ0n) is 22.0. The van der Waals surface area contributed by atoms with Crippen LogP contribution in [-0.2, 0) is 19.2 Å². The molecule has 2 aromatic heterocycles. The Hall–Kier alpha value is -3.53. The molecule has 0 aliphatic heterocycles. The van der Waals surface area contributed by atoms with Crippen LogP contribution in [0, 0.1) is 0 Å². The van der Waals surface area contributed by atoms with E-state index in [2.05, 4.69) is 133 Å². The molecule has 0 N–H and O–H groups in total. The minimum atomic E-state index is -0.583. The molecule has 0 fully saturated rings. The van der Waals surface area contributed by atoms with Crippen molar-refractivity contribution in [2.24, 2.45) is 0 Å². The summed E-state index contributed by atoms with van der Waals surface area (Å²) in [4.78, 5) is 10.3. The van der Waals surface area contributed by atoms with Gasteiger partial charge in [0.25, 0.3) is 0 Å². The number of nitrogens with zero attached hydrogens (tertiary/aromatic N) is 2. The molecule has 2 unspecified atom stereocenters. The van der Waals surface area contributed by atoms with Gasteiger partial charge in [0.05, 0.1) is 0 Å². The van der Waals surface area contributed by atoms with Crippen molar-refractivity contribution in [3.8, 4) is 0 Å². The Labute approximate surface area is 261 Å². The molecule has 6 aromatic rings. The maximum absolute atomic E-state index is 5.15. The van der Waals surface area contributed by atoms with Crippen molar-refractivity contribution in [2.75, 3.05) is 0 Å². The normalized spacial score (nSPS) is 16.6. The van der Waals surface area contributed by atoms with E-state index < -0.39 is 19.2 Å². The fourth-order valence-corrected chi connectivity index (χ4v) is 9.26. The molecule has 2 heterocycles. The standard InChI is InChI=1S/2C18H12N.2ClH.Ti/c2*1-2-7-15-12-16(11-14(15)6-1)18-10-9-13-5-3-4-8-17(13)19-18;;;/h2*1-12H;2*1H;/q;;;;+2/p-2. The summed E-state index contributed by atoms with van der Waals surface area (Å²) in [6.45, 7) is 0. The van der Waals surface area contributed by atoms with Crippen molar-refractivity contribution < 1.29 is 44.0 Å². The summed E-state index contributed by atoms with van der Waals surface area (Å²) in [5.74, 6) is 0. The van der Waals surface area contributed by atoms with E-state index in [9.17, 15) is 0 Å². The number of para-hydroxylation sites is 2. The molecule has 0 radical (unpaired) electrons. The first-order valence-corrected chi connectivity index (χ1v) is 15.2. The SMILES string of the molecule is C1=C(c2ccc3ccccc3n2)[CH]([Ti+2][CH]2C(c3ccc4ccccc4n3)=Cc3ccccc32)c2ccccc21.[Cl-].[Cl-]. The van der Waals surface area contributed by atoms with Crippen molar-refractivity contribution >= 4 is 45.1 Å². The Balaban J connectivity index is 0.00000151. The van der Waals surface area contributed by atoms with E-state index >= 15 is 0 Å². The summed E-state index contributed by atoms with van der Waals surface area (Å²) in [5, 5.41) is 2.37. The molecular formula is C36H24Cl2N2Ti. The van der Waals surface area contributed by atoms with Gasteiger partial charge in [-0.05, 0) is 0 Å². The molecule has 0 spiro atoms. The first-order chi connectivity index (χ1) is 19.3. The Morgan fingerprint density at radius 2 is 0.854 bits per heavy atom. The summed E-state index contributed by atoms with van der Waals surface area (Å²) < 4.78 is 0.741. The predicted molar refractivity (Wildman–Crippen MR) is 158 cm³/mol. The van der Waals surface area contributed by atoms with Gasteiger partial charge in [-0.25, -0.2) is 0 Å². The fourth-order valence-electron chi connectivity index (χ4n) is 6.07. The Morgan fingerprint density at radius 1 is 0.439 bits per heavy atom. The average Bonchev–Trinajstić information content (AvgIpc) is 3.55. The van der Waals surface area contributed by atoms with E-state index in [1.807, 2.05) is 0 Å². The topological polar surface area (TPSA) is 25.8 Å². The number of hydrogen-bond acceptors (Lipinski definition) is 2. The van der Waals surface area contributed by atoms with Crippen molar-refractivity contribution in [1.29, 1.82) is 0 Å². The van der Waals surface area contributed by atoms with Gasteiger partial charge in [-0.3, -0.25) is 0 Å². The zero-order valence-corrected chi connectivity index (χ0v) is 25.1. The second-order valence-corrected chi connectivity index (χ2v) is 12.6. The number of aromatic nitrogens is 2. The van der Waals surface area contributed by atoms with E-state index in [1.165, 1.54) is 44.2 Å². The minimum Gasteiger partial charge on any atom is -1.00 e. The van der Waals surface area contributed by atoms with Crippen LogP contribution < -0.4 is 24.8 Å². The first-order valence-electron chi connectivity index (χ1n) is 13.4. The van der Waals surface area contributed by atoms with Crippen LogP contribution in [0.1, 0.15) is 42.1 Å². The molecule has 2 aliphatic carbocycles. The third-order valence-corrected chi connectivity index (χ3v) is 11.0. The summed E-state index contributed by atoms with van der Waals surface area (Å²) in [6, 6.07) is 43.5. The number of allylic oxidation sites excluding steroid dienone is 2. The van der Waals surface area contributed by atoms with E-state index in [0.717, 1.165) is 22.4 Å². The third kappa shape index (κ3) is 4.86. The van der Waals surface area contributed by atoms with Crippen LogP contribution in [0.25, 0.3) is 45.1 Å². The van der Waals surface area contributed by atoms with Gasteiger partial charge in [0.15, 0.2) is 0 Å². The summed E-state index contributed by atoms with van der Waals surface area (Å²) in [5.41, 5.74) is 12.6. The number of halogens is 2. The van der Waals surface area contributed by atoms with Gasteiger partial charge >= 0.3 is 238 Å². The first kappa shape index (κ1) is 27.6. The Bertz CT molecular complexity index is 1840. The average molecular weight is 603 g/mol. The van der Waals surface area contributed by atoms with E-state index in [0.29, 0.717) is 8.45 Å². The molecule has 2 atom stereocenters. The van der Waals surface area contributed by atoms with Gasteiger partial charge in [-0.1, -0.05) is 0 Å². The number of rotatable bonds is 4. The van der Waals surface area contributed by atoms with E-state index in [4.69, 9.17) is 9.97 Å².